The first-order valence-electron chi connectivity index (χ1n) is 6.68. The van der Waals surface area contributed by atoms with E-state index in [0.717, 1.165) is 18.7 Å². The summed E-state index contributed by atoms with van der Waals surface area (Å²) in [6.07, 6.45) is 2.38. The molecule has 1 aromatic heterocycles. The molecular weight excluding hydrogens is 254 g/mol. The summed E-state index contributed by atoms with van der Waals surface area (Å²) in [4.78, 5) is 8.11. The number of hydrogen-bond acceptors (Lipinski definition) is 5. The molecule has 0 bridgehead atoms. The van der Waals surface area contributed by atoms with Crippen LogP contribution in [0.3, 0.4) is 0 Å². The van der Waals surface area contributed by atoms with Crippen molar-refractivity contribution in [3.63, 3.8) is 0 Å². The third-order valence-electron chi connectivity index (χ3n) is 2.60. The predicted octanol–water partition coefficient (Wildman–Crippen LogP) is 2.78. The van der Waals surface area contributed by atoms with Crippen molar-refractivity contribution in [1.29, 1.82) is 0 Å². The van der Waals surface area contributed by atoms with Crippen molar-refractivity contribution in [2.45, 2.75) is 19.9 Å². The van der Waals surface area contributed by atoms with Gasteiger partial charge in [-0.2, -0.15) is 0 Å². The summed E-state index contributed by atoms with van der Waals surface area (Å²) < 4.78 is 11.1. The molecule has 20 heavy (non-hydrogen) atoms. The molecule has 0 atom stereocenters. The lowest BCUT2D eigenvalue weighted by Gasteiger charge is -2.07. The van der Waals surface area contributed by atoms with Gasteiger partial charge in [0, 0.05) is 6.54 Å². The number of hydrogen-bond donors (Lipinski definition) is 1. The predicted molar refractivity (Wildman–Crippen MR) is 77.1 cm³/mol. The summed E-state index contributed by atoms with van der Waals surface area (Å²) in [5.41, 5.74) is 1.20. The zero-order valence-electron chi connectivity index (χ0n) is 11.8. The van der Waals surface area contributed by atoms with Gasteiger partial charge in [0.05, 0.1) is 12.7 Å². The van der Waals surface area contributed by atoms with Crippen LogP contribution in [0.25, 0.3) is 0 Å². The number of aromatic nitrogens is 2. The van der Waals surface area contributed by atoms with Gasteiger partial charge in [0.25, 0.3) is 0 Å². The van der Waals surface area contributed by atoms with Crippen molar-refractivity contribution >= 4 is 0 Å². The second-order valence-electron chi connectivity index (χ2n) is 4.32. The van der Waals surface area contributed by atoms with Gasteiger partial charge >= 0.3 is 0 Å². The van der Waals surface area contributed by atoms with Crippen LogP contribution in [0.1, 0.15) is 18.9 Å². The molecular formula is C15H19N3O2. The number of nitrogens with one attached hydrogen (secondary N) is 1. The molecule has 0 saturated heterocycles. The van der Waals surface area contributed by atoms with Gasteiger partial charge in [-0.05, 0) is 31.2 Å². The van der Waals surface area contributed by atoms with Gasteiger partial charge in [0.1, 0.15) is 12.1 Å². The van der Waals surface area contributed by atoms with Crippen molar-refractivity contribution in [3.8, 4) is 17.5 Å². The van der Waals surface area contributed by atoms with Gasteiger partial charge in [-0.3, -0.25) is 0 Å². The molecule has 5 nitrogen and oxygen atoms in total. The van der Waals surface area contributed by atoms with E-state index in [4.69, 9.17) is 9.47 Å². The zero-order chi connectivity index (χ0) is 14.2. The topological polar surface area (TPSA) is 56.3 Å². The second-order valence-corrected chi connectivity index (χ2v) is 4.32. The van der Waals surface area contributed by atoms with E-state index in [1.807, 2.05) is 38.2 Å². The molecule has 0 unspecified atom stereocenters. The molecule has 106 valence electrons. The van der Waals surface area contributed by atoms with E-state index in [1.54, 1.807) is 6.07 Å². The van der Waals surface area contributed by atoms with Crippen LogP contribution in [0.2, 0.25) is 0 Å². The summed E-state index contributed by atoms with van der Waals surface area (Å²) >= 11 is 0. The van der Waals surface area contributed by atoms with Gasteiger partial charge in [0.2, 0.25) is 11.8 Å². The van der Waals surface area contributed by atoms with Crippen molar-refractivity contribution in [1.82, 2.24) is 15.3 Å². The fourth-order valence-electron chi connectivity index (χ4n) is 1.66. The average molecular weight is 273 g/mol. The lowest BCUT2D eigenvalue weighted by atomic mass is 10.2. The van der Waals surface area contributed by atoms with E-state index in [9.17, 15) is 0 Å². The molecule has 2 aromatic rings. The normalized spacial score (nSPS) is 10.3. The molecule has 0 aliphatic rings. The first kappa shape index (κ1) is 14.3. The summed E-state index contributed by atoms with van der Waals surface area (Å²) in [5, 5.41) is 3.10. The molecule has 1 heterocycles. The maximum Gasteiger partial charge on any atom is 0.226 e. The second kappa shape index (κ2) is 7.45. The minimum absolute atomic E-state index is 0.479. The third-order valence-corrected chi connectivity index (χ3v) is 2.60. The van der Waals surface area contributed by atoms with Crippen LogP contribution in [-0.2, 0) is 6.54 Å². The highest BCUT2D eigenvalue weighted by Crippen LogP contribution is 2.21. The van der Waals surface area contributed by atoms with Crippen LogP contribution in [-0.4, -0.2) is 23.6 Å². The Kier molecular flexibility index (Phi) is 5.32. The molecule has 0 aliphatic heterocycles. The number of rotatable bonds is 7. The van der Waals surface area contributed by atoms with E-state index in [1.165, 1.54) is 11.9 Å². The number of benzene rings is 1. The van der Waals surface area contributed by atoms with Gasteiger partial charge in [0.15, 0.2) is 0 Å². The maximum atomic E-state index is 5.68. The Morgan fingerprint density at radius 2 is 1.85 bits per heavy atom. The summed E-state index contributed by atoms with van der Waals surface area (Å²) in [6.45, 7) is 3.52. The monoisotopic (exact) mass is 273 g/mol. The molecule has 0 radical (unpaired) electrons. The van der Waals surface area contributed by atoms with Crippen LogP contribution in [0.5, 0.6) is 17.5 Å². The molecule has 0 amide bonds. The van der Waals surface area contributed by atoms with Gasteiger partial charge in [-0.25, -0.2) is 9.97 Å². The average Bonchev–Trinajstić information content (AvgIpc) is 2.48. The fraction of sp³-hybridized carbons (Fsp3) is 0.333. The quantitative estimate of drug-likeness (QED) is 0.840. The van der Waals surface area contributed by atoms with Gasteiger partial charge in [-0.1, -0.05) is 19.1 Å². The minimum Gasteiger partial charge on any atom is -0.477 e. The highest BCUT2D eigenvalue weighted by Gasteiger charge is 2.02. The summed E-state index contributed by atoms with van der Waals surface area (Å²) in [6, 6.07) is 9.56. The molecule has 1 N–H and O–H groups in total. The Morgan fingerprint density at radius 1 is 1.10 bits per heavy atom. The fourth-order valence-corrected chi connectivity index (χ4v) is 1.66. The molecule has 0 aliphatic carbocycles. The van der Waals surface area contributed by atoms with E-state index in [-0.39, 0.29) is 0 Å². The summed E-state index contributed by atoms with van der Waals surface area (Å²) in [5.74, 6) is 1.75. The third kappa shape index (κ3) is 4.20. The lowest BCUT2D eigenvalue weighted by Crippen LogP contribution is -2.04. The van der Waals surface area contributed by atoms with Crippen molar-refractivity contribution in [2.24, 2.45) is 0 Å². The molecule has 5 heteroatoms. The molecule has 0 fully saturated rings. The number of nitrogens with zero attached hydrogens (tertiary/aromatic N) is 2. The van der Waals surface area contributed by atoms with Crippen LogP contribution in [0, 0.1) is 0 Å². The van der Waals surface area contributed by atoms with Crippen LogP contribution >= 0.6 is 0 Å². The summed E-state index contributed by atoms with van der Waals surface area (Å²) in [7, 11) is 1.92. The standard InChI is InChI=1S/C15H19N3O2/c1-3-8-19-14-9-15(18-11-17-14)20-13-6-4-12(5-7-13)10-16-2/h4-7,9,11,16H,3,8,10H2,1-2H3. The minimum atomic E-state index is 0.479. The Labute approximate surface area is 119 Å². The Bertz CT molecular complexity index is 529. The molecule has 0 saturated carbocycles. The van der Waals surface area contributed by atoms with E-state index >= 15 is 0 Å². The van der Waals surface area contributed by atoms with E-state index in [0.29, 0.717) is 18.4 Å². The number of ether oxygens (including phenoxy) is 2. The van der Waals surface area contributed by atoms with E-state index < -0.39 is 0 Å². The zero-order valence-corrected chi connectivity index (χ0v) is 11.8. The van der Waals surface area contributed by atoms with Crippen LogP contribution < -0.4 is 14.8 Å². The van der Waals surface area contributed by atoms with Gasteiger partial charge < -0.3 is 14.8 Å². The first-order valence-corrected chi connectivity index (χ1v) is 6.68. The lowest BCUT2D eigenvalue weighted by molar-refractivity contribution is 0.302. The highest BCUT2D eigenvalue weighted by atomic mass is 16.5. The Balaban J connectivity index is 2.01. The van der Waals surface area contributed by atoms with Crippen molar-refractivity contribution < 1.29 is 9.47 Å². The molecule has 2 rings (SSSR count). The first-order chi connectivity index (χ1) is 9.81. The SMILES string of the molecule is CCCOc1cc(Oc2ccc(CNC)cc2)ncn1. The molecule has 0 spiro atoms. The van der Waals surface area contributed by atoms with Gasteiger partial charge in [-0.15, -0.1) is 0 Å². The highest BCUT2D eigenvalue weighted by molar-refractivity contribution is 5.31. The Hall–Kier alpha value is -2.14. The van der Waals surface area contributed by atoms with Crippen LogP contribution in [0.15, 0.2) is 36.7 Å². The largest absolute Gasteiger partial charge is 0.477 e. The van der Waals surface area contributed by atoms with Crippen molar-refractivity contribution in [3.05, 3.63) is 42.2 Å². The van der Waals surface area contributed by atoms with Crippen LogP contribution in [0.4, 0.5) is 0 Å². The van der Waals surface area contributed by atoms with E-state index in [2.05, 4.69) is 15.3 Å². The molecule has 1 aromatic carbocycles. The van der Waals surface area contributed by atoms with Crippen molar-refractivity contribution in [2.75, 3.05) is 13.7 Å². The Morgan fingerprint density at radius 3 is 2.55 bits per heavy atom. The maximum absolute atomic E-state index is 5.68. The smallest absolute Gasteiger partial charge is 0.226 e.